The van der Waals surface area contributed by atoms with E-state index in [0.29, 0.717) is 5.02 Å². The van der Waals surface area contributed by atoms with E-state index in [1.54, 1.807) is 18.3 Å². The molecule has 3 aromatic rings. The molecule has 0 saturated carbocycles. The van der Waals surface area contributed by atoms with Crippen molar-refractivity contribution in [2.75, 3.05) is 0 Å². The van der Waals surface area contributed by atoms with Gasteiger partial charge in [-0.05, 0) is 31.5 Å². The molecule has 1 unspecified atom stereocenters. The van der Waals surface area contributed by atoms with E-state index in [1.165, 1.54) is 18.1 Å². The van der Waals surface area contributed by atoms with Crippen molar-refractivity contribution in [1.82, 2.24) is 9.97 Å². The van der Waals surface area contributed by atoms with Crippen LogP contribution < -0.4 is 5.73 Å². The van der Waals surface area contributed by atoms with E-state index in [1.807, 2.05) is 24.3 Å². The summed E-state index contributed by atoms with van der Waals surface area (Å²) in [7, 11) is 0. The Labute approximate surface area is 147 Å². The summed E-state index contributed by atoms with van der Waals surface area (Å²) in [6.07, 6.45) is 1.53. The second-order valence-corrected chi connectivity index (χ2v) is 8.03. The molecule has 0 aliphatic heterocycles. The van der Waals surface area contributed by atoms with Gasteiger partial charge in [-0.1, -0.05) is 35.5 Å². The summed E-state index contributed by atoms with van der Waals surface area (Å²) >= 11 is 8.96. The molecular weight excluding hydrogens is 350 g/mol. The van der Waals surface area contributed by atoms with Gasteiger partial charge in [0.15, 0.2) is 0 Å². The highest BCUT2D eigenvalue weighted by Crippen LogP contribution is 2.42. The van der Waals surface area contributed by atoms with Crippen LogP contribution in [0.5, 0.6) is 0 Å². The first-order valence-corrected chi connectivity index (χ1v) is 9.00. The van der Waals surface area contributed by atoms with Crippen LogP contribution in [0.15, 0.2) is 35.6 Å². The molecule has 0 fully saturated rings. The number of rotatable bonds is 4. The lowest BCUT2D eigenvalue weighted by molar-refractivity contribution is -0.117. The van der Waals surface area contributed by atoms with Crippen molar-refractivity contribution >= 4 is 50.8 Å². The van der Waals surface area contributed by atoms with Crippen LogP contribution in [-0.2, 0) is 4.79 Å². The SMILES string of the molecule is Cc1sc2ncnc(SC(C)C(N)=O)c2c1-c1ccc(Cl)cc1. The van der Waals surface area contributed by atoms with Crippen LogP contribution in [0, 0.1) is 6.92 Å². The smallest absolute Gasteiger partial charge is 0.230 e. The van der Waals surface area contributed by atoms with E-state index in [0.717, 1.165) is 31.2 Å². The summed E-state index contributed by atoms with van der Waals surface area (Å²) in [4.78, 5) is 22.2. The van der Waals surface area contributed by atoms with Crippen molar-refractivity contribution in [3.05, 3.63) is 40.5 Å². The zero-order valence-electron chi connectivity index (χ0n) is 12.5. The third-order valence-electron chi connectivity index (χ3n) is 3.45. The standard InChI is InChI=1S/C16H14ClN3OS2/c1-8-12(10-3-5-11(17)6-4-10)13-15(22-8)19-7-20-16(13)23-9(2)14(18)21/h3-7,9H,1-2H3,(H2,18,21). The minimum absolute atomic E-state index is 0.355. The van der Waals surface area contributed by atoms with Gasteiger partial charge in [0.25, 0.3) is 0 Å². The molecule has 0 saturated heterocycles. The number of thioether (sulfide) groups is 1. The molecule has 118 valence electrons. The summed E-state index contributed by atoms with van der Waals surface area (Å²) in [5.74, 6) is -0.359. The lowest BCUT2D eigenvalue weighted by Crippen LogP contribution is -2.22. The van der Waals surface area contributed by atoms with E-state index in [9.17, 15) is 4.79 Å². The van der Waals surface area contributed by atoms with Crippen LogP contribution in [0.4, 0.5) is 0 Å². The van der Waals surface area contributed by atoms with Gasteiger partial charge in [-0.2, -0.15) is 0 Å². The van der Waals surface area contributed by atoms with Crippen molar-refractivity contribution in [2.24, 2.45) is 5.73 Å². The predicted octanol–water partition coefficient (Wildman–Crippen LogP) is 4.29. The summed E-state index contributed by atoms with van der Waals surface area (Å²) in [5.41, 5.74) is 7.53. The second-order valence-electron chi connectivity index (χ2n) is 5.06. The van der Waals surface area contributed by atoms with Crippen molar-refractivity contribution < 1.29 is 4.79 Å². The normalized spacial score (nSPS) is 12.5. The monoisotopic (exact) mass is 363 g/mol. The zero-order valence-corrected chi connectivity index (χ0v) is 14.9. The third-order valence-corrected chi connectivity index (χ3v) is 5.84. The van der Waals surface area contributed by atoms with Gasteiger partial charge in [0.2, 0.25) is 5.91 Å². The van der Waals surface area contributed by atoms with Crippen LogP contribution in [0.3, 0.4) is 0 Å². The fourth-order valence-electron chi connectivity index (χ4n) is 2.30. The van der Waals surface area contributed by atoms with E-state index < -0.39 is 0 Å². The number of aryl methyl sites for hydroxylation is 1. The van der Waals surface area contributed by atoms with Crippen LogP contribution in [0.1, 0.15) is 11.8 Å². The predicted molar refractivity (Wildman–Crippen MR) is 97.1 cm³/mol. The quantitative estimate of drug-likeness (QED) is 0.554. The van der Waals surface area contributed by atoms with E-state index in [-0.39, 0.29) is 11.2 Å². The number of primary amides is 1. The van der Waals surface area contributed by atoms with Crippen LogP contribution in [-0.4, -0.2) is 21.1 Å². The number of nitrogens with two attached hydrogens (primary N) is 1. The first-order chi connectivity index (χ1) is 11.0. The highest BCUT2D eigenvalue weighted by molar-refractivity contribution is 8.00. The number of thiophene rings is 1. The fraction of sp³-hybridized carbons (Fsp3) is 0.188. The van der Waals surface area contributed by atoms with Crippen LogP contribution in [0.25, 0.3) is 21.3 Å². The number of hydrogen-bond donors (Lipinski definition) is 1. The van der Waals surface area contributed by atoms with Gasteiger partial charge in [-0.25, -0.2) is 9.97 Å². The molecule has 0 radical (unpaired) electrons. The van der Waals surface area contributed by atoms with Gasteiger partial charge >= 0.3 is 0 Å². The molecule has 1 atom stereocenters. The maximum absolute atomic E-state index is 11.4. The topological polar surface area (TPSA) is 68.9 Å². The Morgan fingerprint density at radius 2 is 2.00 bits per heavy atom. The Bertz CT molecular complexity index is 877. The number of hydrogen-bond acceptors (Lipinski definition) is 5. The number of halogens is 1. The molecule has 0 spiro atoms. The molecule has 2 heterocycles. The molecule has 1 amide bonds. The summed E-state index contributed by atoms with van der Waals surface area (Å²) in [5, 5.41) is 2.08. The molecule has 0 bridgehead atoms. The highest BCUT2D eigenvalue weighted by Gasteiger charge is 2.20. The van der Waals surface area contributed by atoms with Gasteiger partial charge in [0, 0.05) is 15.5 Å². The number of benzene rings is 1. The molecule has 7 heteroatoms. The number of fused-ring (bicyclic) bond motifs is 1. The minimum Gasteiger partial charge on any atom is -0.369 e. The first kappa shape index (κ1) is 16.2. The molecule has 2 aromatic heterocycles. The molecule has 4 nitrogen and oxygen atoms in total. The maximum atomic E-state index is 11.4. The second kappa shape index (κ2) is 6.47. The van der Waals surface area contributed by atoms with Gasteiger partial charge in [0.1, 0.15) is 16.2 Å². The van der Waals surface area contributed by atoms with Crippen molar-refractivity contribution in [3.8, 4) is 11.1 Å². The molecule has 0 aliphatic rings. The summed E-state index contributed by atoms with van der Waals surface area (Å²) in [6, 6.07) is 7.69. The fourth-order valence-corrected chi connectivity index (χ4v) is 4.38. The molecule has 3 rings (SSSR count). The average molecular weight is 364 g/mol. The number of carbonyl (C=O) groups is 1. The summed E-state index contributed by atoms with van der Waals surface area (Å²) in [6.45, 7) is 3.84. The number of nitrogens with zero attached hydrogens (tertiary/aromatic N) is 2. The minimum atomic E-state index is -0.359. The Morgan fingerprint density at radius 1 is 1.30 bits per heavy atom. The van der Waals surface area contributed by atoms with Gasteiger partial charge < -0.3 is 5.73 Å². The van der Waals surface area contributed by atoms with Gasteiger partial charge in [0.05, 0.1) is 10.6 Å². The Kier molecular flexibility index (Phi) is 4.57. The van der Waals surface area contributed by atoms with Crippen LogP contribution >= 0.6 is 34.7 Å². The first-order valence-electron chi connectivity index (χ1n) is 6.93. The van der Waals surface area contributed by atoms with E-state index in [2.05, 4.69) is 16.9 Å². The number of amides is 1. The van der Waals surface area contributed by atoms with Crippen molar-refractivity contribution in [3.63, 3.8) is 0 Å². The molecule has 0 aliphatic carbocycles. The lowest BCUT2D eigenvalue weighted by Gasteiger charge is -2.09. The molecule has 2 N–H and O–H groups in total. The van der Waals surface area contributed by atoms with Crippen molar-refractivity contribution in [2.45, 2.75) is 24.1 Å². The Balaban J connectivity index is 2.19. The largest absolute Gasteiger partial charge is 0.369 e. The van der Waals surface area contributed by atoms with Crippen molar-refractivity contribution in [1.29, 1.82) is 0 Å². The zero-order chi connectivity index (χ0) is 16.6. The van der Waals surface area contributed by atoms with E-state index >= 15 is 0 Å². The van der Waals surface area contributed by atoms with Crippen LogP contribution in [0.2, 0.25) is 5.02 Å². The lowest BCUT2D eigenvalue weighted by atomic mass is 10.0. The highest BCUT2D eigenvalue weighted by atomic mass is 35.5. The molecule has 23 heavy (non-hydrogen) atoms. The molecule has 1 aromatic carbocycles. The number of aromatic nitrogens is 2. The Morgan fingerprint density at radius 3 is 2.65 bits per heavy atom. The third kappa shape index (κ3) is 3.20. The maximum Gasteiger partial charge on any atom is 0.230 e. The Hall–Kier alpha value is -1.63. The van der Waals surface area contributed by atoms with E-state index in [4.69, 9.17) is 17.3 Å². The molecular formula is C16H14ClN3OS2. The summed E-state index contributed by atoms with van der Waals surface area (Å²) < 4.78 is 0. The average Bonchev–Trinajstić information content (AvgIpc) is 2.85. The van der Waals surface area contributed by atoms with Gasteiger partial charge in [-0.15, -0.1) is 11.3 Å². The number of carbonyl (C=O) groups excluding carboxylic acids is 1. The van der Waals surface area contributed by atoms with Gasteiger partial charge in [-0.3, -0.25) is 4.79 Å².